The van der Waals surface area contributed by atoms with E-state index in [2.05, 4.69) is 63.7 Å². The standard InChI is InChI=1S/C19H12Br4O2/c20-13-6-7-17(15(22)8-13)25-18-10-14(21)9-16(23)19(18)24-11-12-4-2-1-3-5-12/h1-10H,11H2. The highest BCUT2D eigenvalue weighted by Gasteiger charge is 2.14. The summed E-state index contributed by atoms with van der Waals surface area (Å²) in [7, 11) is 0. The minimum Gasteiger partial charge on any atom is -0.484 e. The van der Waals surface area contributed by atoms with Crippen molar-refractivity contribution in [2.75, 3.05) is 0 Å². The van der Waals surface area contributed by atoms with Crippen molar-refractivity contribution >= 4 is 63.7 Å². The van der Waals surface area contributed by atoms with Crippen LogP contribution in [0.4, 0.5) is 0 Å². The Morgan fingerprint density at radius 1 is 0.680 bits per heavy atom. The van der Waals surface area contributed by atoms with Crippen molar-refractivity contribution in [1.29, 1.82) is 0 Å². The molecule has 25 heavy (non-hydrogen) atoms. The predicted molar refractivity (Wildman–Crippen MR) is 115 cm³/mol. The topological polar surface area (TPSA) is 18.5 Å². The molecule has 0 saturated heterocycles. The van der Waals surface area contributed by atoms with E-state index in [4.69, 9.17) is 9.47 Å². The molecule has 3 rings (SSSR count). The molecular weight excluding hydrogens is 580 g/mol. The van der Waals surface area contributed by atoms with E-state index in [9.17, 15) is 0 Å². The van der Waals surface area contributed by atoms with Crippen LogP contribution in [0.3, 0.4) is 0 Å². The Kier molecular flexibility index (Phi) is 6.61. The van der Waals surface area contributed by atoms with Crippen LogP contribution in [0.15, 0.2) is 78.6 Å². The Balaban J connectivity index is 1.89. The molecule has 0 aliphatic carbocycles. The van der Waals surface area contributed by atoms with Gasteiger partial charge in [-0.3, -0.25) is 0 Å². The Labute approximate surface area is 180 Å². The summed E-state index contributed by atoms with van der Waals surface area (Å²) in [4.78, 5) is 0. The van der Waals surface area contributed by atoms with Crippen molar-refractivity contribution in [3.8, 4) is 17.2 Å². The Bertz CT molecular complexity index is 882. The van der Waals surface area contributed by atoms with E-state index < -0.39 is 0 Å². The van der Waals surface area contributed by atoms with Crippen LogP contribution in [0.2, 0.25) is 0 Å². The predicted octanol–water partition coefficient (Wildman–Crippen LogP) is 8.11. The van der Waals surface area contributed by atoms with E-state index in [0.717, 1.165) is 23.5 Å². The molecule has 0 aromatic heterocycles. The molecular formula is C19H12Br4O2. The highest BCUT2D eigenvalue weighted by molar-refractivity contribution is 9.11. The van der Waals surface area contributed by atoms with Gasteiger partial charge in [0, 0.05) is 8.95 Å². The molecule has 0 atom stereocenters. The third-order valence-corrected chi connectivity index (χ3v) is 5.47. The molecule has 0 aliphatic rings. The first kappa shape index (κ1) is 19.0. The third-order valence-electron chi connectivity index (χ3n) is 3.31. The number of ether oxygens (including phenoxy) is 2. The molecule has 2 nitrogen and oxygen atoms in total. The smallest absolute Gasteiger partial charge is 0.176 e. The molecule has 0 fully saturated rings. The lowest BCUT2D eigenvalue weighted by molar-refractivity contribution is 0.289. The van der Waals surface area contributed by atoms with Crippen LogP contribution in [0.5, 0.6) is 17.2 Å². The van der Waals surface area contributed by atoms with Gasteiger partial charge in [-0.05, 0) is 67.8 Å². The van der Waals surface area contributed by atoms with Gasteiger partial charge in [-0.2, -0.15) is 0 Å². The highest BCUT2D eigenvalue weighted by Crippen LogP contribution is 2.42. The van der Waals surface area contributed by atoms with Crippen molar-refractivity contribution < 1.29 is 9.47 Å². The fourth-order valence-electron chi connectivity index (χ4n) is 2.16. The SMILES string of the molecule is Brc1ccc(Oc2cc(Br)cc(Br)c2OCc2ccccc2)c(Br)c1. The summed E-state index contributed by atoms with van der Waals surface area (Å²) < 4.78 is 15.7. The molecule has 0 saturated carbocycles. The number of rotatable bonds is 5. The first-order valence-corrected chi connectivity index (χ1v) is 10.5. The molecule has 0 aliphatic heterocycles. The zero-order valence-electron chi connectivity index (χ0n) is 12.8. The largest absolute Gasteiger partial charge is 0.484 e. The first-order valence-electron chi connectivity index (χ1n) is 7.31. The number of hydrogen-bond acceptors (Lipinski definition) is 2. The Hall–Kier alpha value is -0.820. The lowest BCUT2D eigenvalue weighted by Gasteiger charge is -2.16. The molecule has 3 aromatic carbocycles. The molecule has 0 unspecified atom stereocenters. The summed E-state index contributed by atoms with van der Waals surface area (Å²) in [5.74, 6) is 1.99. The third kappa shape index (κ3) is 5.09. The summed E-state index contributed by atoms with van der Waals surface area (Å²) in [6.45, 7) is 0.457. The van der Waals surface area contributed by atoms with Crippen molar-refractivity contribution in [2.45, 2.75) is 6.61 Å². The minimum atomic E-state index is 0.457. The van der Waals surface area contributed by atoms with Crippen LogP contribution in [-0.2, 0) is 6.61 Å². The average Bonchev–Trinajstić information content (AvgIpc) is 2.57. The summed E-state index contributed by atoms with van der Waals surface area (Å²) in [6.07, 6.45) is 0. The molecule has 0 N–H and O–H groups in total. The van der Waals surface area contributed by atoms with Crippen molar-refractivity contribution in [3.05, 3.63) is 84.1 Å². The van der Waals surface area contributed by atoms with Gasteiger partial charge in [0.15, 0.2) is 11.5 Å². The van der Waals surface area contributed by atoms with E-state index in [1.165, 1.54) is 0 Å². The van der Waals surface area contributed by atoms with Crippen molar-refractivity contribution in [1.82, 2.24) is 0 Å². The van der Waals surface area contributed by atoms with Crippen molar-refractivity contribution in [3.63, 3.8) is 0 Å². The van der Waals surface area contributed by atoms with Crippen molar-refractivity contribution in [2.24, 2.45) is 0 Å². The summed E-state index contributed by atoms with van der Waals surface area (Å²) in [5, 5.41) is 0. The lowest BCUT2D eigenvalue weighted by atomic mass is 10.2. The molecule has 0 bridgehead atoms. The van der Waals surface area contributed by atoms with Crippen LogP contribution in [0, 0.1) is 0 Å². The maximum absolute atomic E-state index is 6.09. The van der Waals surface area contributed by atoms with Gasteiger partial charge in [0.2, 0.25) is 0 Å². The van der Waals surface area contributed by atoms with Gasteiger partial charge < -0.3 is 9.47 Å². The second-order valence-corrected chi connectivity index (χ2v) is 8.71. The lowest BCUT2D eigenvalue weighted by Crippen LogP contribution is -1.98. The van der Waals surface area contributed by atoms with E-state index in [1.54, 1.807) is 0 Å². The summed E-state index contributed by atoms with van der Waals surface area (Å²) >= 11 is 14.0. The molecule has 0 radical (unpaired) electrons. The van der Waals surface area contributed by atoms with Gasteiger partial charge in [0.25, 0.3) is 0 Å². The summed E-state index contributed by atoms with van der Waals surface area (Å²) in [5.41, 5.74) is 1.09. The monoisotopic (exact) mass is 588 g/mol. The zero-order valence-corrected chi connectivity index (χ0v) is 19.2. The second kappa shape index (κ2) is 8.71. The minimum absolute atomic E-state index is 0.457. The van der Waals surface area contributed by atoms with E-state index in [-0.39, 0.29) is 0 Å². The molecule has 0 heterocycles. The van der Waals surface area contributed by atoms with Gasteiger partial charge in [-0.1, -0.05) is 62.2 Å². The molecule has 6 heteroatoms. The Morgan fingerprint density at radius 2 is 1.40 bits per heavy atom. The maximum Gasteiger partial charge on any atom is 0.176 e. The average molecular weight is 592 g/mol. The van der Waals surface area contributed by atoms with Gasteiger partial charge in [0.1, 0.15) is 12.4 Å². The van der Waals surface area contributed by atoms with Crippen LogP contribution >= 0.6 is 63.7 Å². The molecule has 128 valence electrons. The first-order chi connectivity index (χ1) is 12.0. The van der Waals surface area contributed by atoms with Crippen LogP contribution in [-0.4, -0.2) is 0 Å². The van der Waals surface area contributed by atoms with E-state index >= 15 is 0 Å². The number of benzene rings is 3. The second-order valence-electron chi connectivity index (χ2n) is 5.17. The van der Waals surface area contributed by atoms with Crippen LogP contribution < -0.4 is 9.47 Å². The fraction of sp³-hybridized carbons (Fsp3) is 0.0526. The summed E-state index contributed by atoms with van der Waals surface area (Å²) in [6, 6.07) is 19.6. The van der Waals surface area contributed by atoms with Crippen LogP contribution in [0.1, 0.15) is 5.56 Å². The number of hydrogen-bond donors (Lipinski definition) is 0. The molecule has 0 amide bonds. The van der Waals surface area contributed by atoms with Gasteiger partial charge in [-0.15, -0.1) is 0 Å². The maximum atomic E-state index is 6.09. The highest BCUT2D eigenvalue weighted by atomic mass is 79.9. The number of halogens is 4. The zero-order chi connectivity index (χ0) is 17.8. The fourth-order valence-corrected chi connectivity index (χ4v) is 4.59. The molecule has 0 spiro atoms. The molecule has 3 aromatic rings. The quantitative estimate of drug-likeness (QED) is 0.298. The normalized spacial score (nSPS) is 10.6. The van der Waals surface area contributed by atoms with Gasteiger partial charge in [-0.25, -0.2) is 0 Å². The Morgan fingerprint density at radius 3 is 2.12 bits per heavy atom. The van der Waals surface area contributed by atoms with E-state index in [1.807, 2.05) is 60.7 Å². The van der Waals surface area contributed by atoms with Crippen LogP contribution in [0.25, 0.3) is 0 Å². The van der Waals surface area contributed by atoms with Gasteiger partial charge >= 0.3 is 0 Å². The van der Waals surface area contributed by atoms with Gasteiger partial charge in [0.05, 0.1) is 8.95 Å². The van der Waals surface area contributed by atoms with E-state index in [0.29, 0.717) is 23.9 Å².